The molecule has 0 saturated carbocycles. The Morgan fingerprint density at radius 2 is 1.23 bits per heavy atom. The molecule has 0 saturated heterocycles. The summed E-state index contributed by atoms with van der Waals surface area (Å²) in [6, 6.07) is 34.7. The molecule has 0 radical (unpaired) electrons. The molecule has 1 heteroatoms. The predicted octanol–water partition coefficient (Wildman–Crippen LogP) is 9.28. The van der Waals surface area contributed by atoms with Gasteiger partial charge in [-0.25, -0.2) is 0 Å². The molecule has 0 bridgehead atoms. The summed E-state index contributed by atoms with van der Waals surface area (Å²) in [5.74, 6) is 0. The molecule has 0 N–H and O–H groups in total. The van der Waals surface area contributed by atoms with Gasteiger partial charge in [-0.15, -0.1) is 0 Å². The van der Waals surface area contributed by atoms with Crippen LogP contribution in [0, 0.1) is 0 Å². The van der Waals surface area contributed by atoms with Crippen molar-refractivity contribution in [1.29, 1.82) is 0 Å². The zero-order valence-electron chi connectivity index (χ0n) is 24.8. The van der Waals surface area contributed by atoms with Crippen LogP contribution in [-0.4, -0.2) is 3.26 Å². The molecule has 6 rings (SSSR count). The van der Waals surface area contributed by atoms with E-state index in [9.17, 15) is 0 Å². The predicted molar refractivity (Wildman–Crippen MR) is 170 cm³/mol. The summed E-state index contributed by atoms with van der Waals surface area (Å²) in [6.07, 6.45) is 10.6. The Balaban J connectivity index is 1.71. The van der Waals surface area contributed by atoms with Crippen LogP contribution in [0.3, 0.4) is 0 Å². The number of rotatable bonds is 4. The van der Waals surface area contributed by atoms with Crippen LogP contribution >= 0.6 is 0 Å². The second-order valence-electron chi connectivity index (χ2n) is 13.4. The number of hydrogen-bond acceptors (Lipinski definition) is 0. The Morgan fingerprint density at radius 1 is 0.650 bits per heavy atom. The normalized spacial score (nSPS) is 14.3. The van der Waals surface area contributed by atoms with Gasteiger partial charge in [0.25, 0.3) is 0 Å². The molecule has 4 aromatic rings. The van der Waals surface area contributed by atoms with E-state index < -0.39 is 21.0 Å². The zero-order valence-corrected chi connectivity index (χ0v) is 28.3. The zero-order chi connectivity index (χ0) is 28.1. The molecule has 0 heterocycles. The fourth-order valence-corrected chi connectivity index (χ4v) is 20.0. The molecule has 200 valence electrons. The summed E-state index contributed by atoms with van der Waals surface area (Å²) in [7, 11) is 0. The first-order valence-electron chi connectivity index (χ1n) is 14.6. The van der Waals surface area contributed by atoms with Crippen LogP contribution in [0.25, 0.3) is 11.1 Å². The van der Waals surface area contributed by atoms with Gasteiger partial charge in [0.05, 0.1) is 0 Å². The third-order valence-corrected chi connectivity index (χ3v) is 20.3. The van der Waals surface area contributed by atoms with Gasteiger partial charge in [0, 0.05) is 0 Å². The van der Waals surface area contributed by atoms with E-state index in [2.05, 4.69) is 157 Å². The van der Waals surface area contributed by atoms with Crippen LogP contribution < -0.4 is 3.32 Å². The summed E-state index contributed by atoms with van der Waals surface area (Å²) < 4.78 is 3.85. The van der Waals surface area contributed by atoms with Gasteiger partial charge in [0.2, 0.25) is 0 Å². The Labute approximate surface area is 248 Å². The molecule has 4 aromatic carbocycles. The van der Waals surface area contributed by atoms with Crippen molar-refractivity contribution >= 4 is 6.58 Å². The molecule has 40 heavy (non-hydrogen) atoms. The third kappa shape index (κ3) is 5.03. The first-order chi connectivity index (χ1) is 19.1. The van der Waals surface area contributed by atoms with E-state index in [1.807, 2.05) is 0 Å². The van der Waals surface area contributed by atoms with E-state index in [4.69, 9.17) is 0 Å². The molecular weight excluding hydrogens is 647 g/mol. The topological polar surface area (TPSA) is 0 Å². The van der Waals surface area contributed by atoms with E-state index in [1.165, 1.54) is 33.4 Å². The molecule has 0 nitrogen and oxygen atoms in total. The van der Waals surface area contributed by atoms with Gasteiger partial charge in [-0.05, 0) is 0 Å². The van der Waals surface area contributed by atoms with E-state index in [0.717, 1.165) is 6.42 Å². The average Bonchev–Trinajstić information content (AvgIpc) is 3.59. The van der Waals surface area contributed by atoms with Gasteiger partial charge in [-0.1, -0.05) is 0 Å². The van der Waals surface area contributed by atoms with Crippen LogP contribution in [0.15, 0.2) is 115 Å². The Bertz CT molecular complexity index is 1600. The van der Waals surface area contributed by atoms with Gasteiger partial charge >= 0.3 is 250 Å². The van der Waals surface area contributed by atoms with E-state index in [-0.39, 0.29) is 10.8 Å². The van der Waals surface area contributed by atoms with Crippen LogP contribution in [0.5, 0.6) is 0 Å². The summed E-state index contributed by atoms with van der Waals surface area (Å²) in [4.78, 5) is 0. The fraction of sp³-hybridized carbons (Fsp3) is 0.256. The van der Waals surface area contributed by atoms with E-state index in [0.29, 0.717) is 3.67 Å². The van der Waals surface area contributed by atoms with Crippen LogP contribution in [0.2, 0.25) is 3.67 Å². The molecule has 0 fully saturated rings. The standard InChI is InChI=1S/C21H25.C13H10.C5H5.Hf/c1-20(2,3)16-7-9-18-14(12-16)11-15-13-17(21(4,5)6)8-10-19(15)18;1-3-7-12(8-4-1)11-13-9-5-2-6-10-13;1-2-4-5-3-1;/h7-10,12H,11H2,1-6H3;1-10H;1-5H;. The summed E-state index contributed by atoms with van der Waals surface area (Å²) >= 11 is -2.91. The van der Waals surface area contributed by atoms with Crippen molar-refractivity contribution in [1.82, 2.24) is 0 Å². The van der Waals surface area contributed by atoms with Crippen molar-refractivity contribution in [2.45, 2.75) is 62.5 Å². The van der Waals surface area contributed by atoms with Crippen molar-refractivity contribution in [2.75, 3.05) is 0 Å². The van der Waals surface area contributed by atoms with E-state index in [1.54, 1.807) is 17.7 Å². The Hall–Kier alpha value is -2.90. The van der Waals surface area contributed by atoms with Crippen molar-refractivity contribution in [3.63, 3.8) is 0 Å². The summed E-state index contributed by atoms with van der Waals surface area (Å²) in [6.45, 7) is 14.2. The van der Waals surface area contributed by atoms with Gasteiger partial charge in [-0.3, -0.25) is 0 Å². The fourth-order valence-electron chi connectivity index (χ4n) is 6.45. The Morgan fingerprint density at radius 3 is 1.77 bits per heavy atom. The van der Waals surface area contributed by atoms with Crippen molar-refractivity contribution in [3.05, 3.63) is 149 Å². The van der Waals surface area contributed by atoms with Crippen molar-refractivity contribution < 1.29 is 21.0 Å². The average molecular weight is 687 g/mol. The Kier molecular flexibility index (Phi) is 7.16. The summed E-state index contributed by atoms with van der Waals surface area (Å²) in [5.41, 5.74) is 12.0. The second-order valence-corrected chi connectivity index (χ2v) is 22.3. The number of fused-ring (bicyclic) bond motifs is 3. The number of allylic oxidation sites excluding steroid dienone is 4. The maximum atomic E-state index is 2.50. The second kappa shape index (κ2) is 10.5. The minimum absolute atomic E-state index is 0.0656. The first kappa shape index (κ1) is 27.3. The molecule has 0 aromatic heterocycles. The maximum absolute atomic E-state index is 2.91. The molecule has 0 amide bonds. The van der Waals surface area contributed by atoms with E-state index >= 15 is 0 Å². The molecule has 2 aliphatic rings. The first-order valence-corrected chi connectivity index (χ1v) is 20.3. The molecule has 0 aliphatic heterocycles. The minimum atomic E-state index is -2.91. The monoisotopic (exact) mass is 688 g/mol. The molecule has 0 spiro atoms. The van der Waals surface area contributed by atoms with Crippen LogP contribution in [0.4, 0.5) is 0 Å². The molecule has 2 aliphatic carbocycles. The van der Waals surface area contributed by atoms with Gasteiger partial charge < -0.3 is 0 Å². The van der Waals surface area contributed by atoms with Crippen LogP contribution in [-0.2, 0) is 38.2 Å². The van der Waals surface area contributed by atoms with Crippen molar-refractivity contribution in [3.8, 4) is 11.1 Å². The molecule has 0 unspecified atom stereocenters. The number of benzene rings is 4. The van der Waals surface area contributed by atoms with Gasteiger partial charge in [0.1, 0.15) is 0 Å². The SMILES string of the molecule is CC(C)(C)c1ccc2c(c1)Cc1c-2ccc(C(C)(C)C)[c]1[Hf](=[C](c1ccccc1)c1ccccc1)[CH]1C=CC=C1. The summed E-state index contributed by atoms with van der Waals surface area (Å²) in [5, 5.41) is 0. The molecule has 0 atom stereocenters. The van der Waals surface area contributed by atoms with Crippen LogP contribution in [0.1, 0.15) is 74.9 Å². The quantitative estimate of drug-likeness (QED) is 0.165. The van der Waals surface area contributed by atoms with Gasteiger partial charge in [-0.2, -0.15) is 0 Å². The molecular formula is C39H40Hf. The van der Waals surface area contributed by atoms with Crippen molar-refractivity contribution in [2.24, 2.45) is 0 Å². The third-order valence-electron chi connectivity index (χ3n) is 8.49. The van der Waals surface area contributed by atoms with Gasteiger partial charge in [0.15, 0.2) is 0 Å². The number of hydrogen-bond donors (Lipinski definition) is 0.